The molecule has 2 aromatic heterocycles. The van der Waals surface area contributed by atoms with Gasteiger partial charge >= 0.3 is 0 Å². The minimum absolute atomic E-state index is 0.578. The SMILES string of the molecule is COCCn1ncc(Br)c1C(O)c1cc2c(s1)CCCC2. The molecule has 0 saturated heterocycles. The minimum Gasteiger partial charge on any atom is -0.383 e. The van der Waals surface area contributed by atoms with Crippen molar-refractivity contribution in [1.29, 1.82) is 0 Å². The maximum atomic E-state index is 10.8. The van der Waals surface area contributed by atoms with Gasteiger partial charge in [0.1, 0.15) is 6.10 Å². The van der Waals surface area contributed by atoms with Crippen LogP contribution in [0.4, 0.5) is 0 Å². The monoisotopic (exact) mass is 370 g/mol. The first kappa shape index (κ1) is 15.2. The molecule has 21 heavy (non-hydrogen) atoms. The van der Waals surface area contributed by atoms with E-state index >= 15 is 0 Å². The Balaban J connectivity index is 1.89. The van der Waals surface area contributed by atoms with Gasteiger partial charge in [-0.2, -0.15) is 5.10 Å². The Labute approximate surface area is 136 Å². The average molecular weight is 371 g/mol. The number of fused-ring (bicyclic) bond motifs is 1. The first-order chi connectivity index (χ1) is 10.2. The zero-order chi connectivity index (χ0) is 14.8. The predicted octanol–water partition coefficient (Wildman–Crippen LogP) is 3.31. The molecule has 6 heteroatoms. The summed E-state index contributed by atoms with van der Waals surface area (Å²) in [5.74, 6) is 0. The number of aromatic nitrogens is 2. The van der Waals surface area contributed by atoms with Crippen LogP contribution in [-0.2, 0) is 24.1 Å². The number of halogens is 1. The summed E-state index contributed by atoms with van der Waals surface area (Å²) in [6.07, 6.45) is 5.92. The molecule has 1 aliphatic carbocycles. The van der Waals surface area contributed by atoms with Crippen LogP contribution in [0.5, 0.6) is 0 Å². The second-order valence-electron chi connectivity index (χ2n) is 5.30. The van der Waals surface area contributed by atoms with Crippen LogP contribution in [0.25, 0.3) is 0 Å². The van der Waals surface area contributed by atoms with Gasteiger partial charge in [-0.1, -0.05) is 0 Å². The van der Waals surface area contributed by atoms with E-state index in [1.807, 2.05) is 4.68 Å². The molecule has 0 fully saturated rings. The summed E-state index contributed by atoms with van der Waals surface area (Å²) in [6, 6.07) is 2.17. The van der Waals surface area contributed by atoms with Crippen LogP contribution in [0, 0.1) is 0 Å². The van der Waals surface area contributed by atoms with Crippen molar-refractivity contribution in [2.24, 2.45) is 0 Å². The van der Waals surface area contributed by atoms with Crippen LogP contribution < -0.4 is 0 Å². The van der Waals surface area contributed by atoms with Crippen molar-refractivity contribution in [3.63, 3.8) is 0 Å². The fourth-order valence-corrected chi connectivity index (χ4v) is 4.54. The Morgan fingerprint density at radius 1 is 1.48 bits per heavy atom. The number of hydrogen-bond acceptors (Lipinski definition) is 4. The number of hydrogen-bond donors (Lipinski definition) is 1. The number of thiophene rings is 1. The molecule has 0 spiro atoms. The van der Waals surface area contributed by atoms with E-state index in [2.05, 4.69) is 27.1 Å². The van der Waals surface area contributed by atoms with Crippen molar-refractivity contribution >= 4 is 27.3 Å². The minimum atomic E-state index is -0.630. The summed E-state index contributed by atoms with van der Waals surface area (Å²) in [5.41, 5.74) is 2.23. The van der Waals surface area contributed by atoms with E-state index < -0.39 is 6.10 Å². The van der Waals surface area contributed by atoms with Crippen molar-refractivity contribution in [3.05, 3.63) is 37.7 Å². The Bertz CT molecular complexity index is 600. The Morgan fingerprint density at radius 3 is 3.05 bits per heavy atom. The van der Waals surface area contributed by atoms with E-state index in [-0.39, 0.29) is 0 Å². The first-order valence-electron chi connectivity index (χ1n) is 7.20. The summed E-state index contributed by atoms with van der Waals surface area (Å²) < 4.78 is 7.77. The summed E-state index contributed by atoms with van der Waals surface area (Å²) in [6.45, 7) is 1.22. The zero-order valence-electron chi connectivity index (χ0n) is 12.0. The number of aryl methyl sites for hydroxylation is 2. The predicted molar refractivity (Wildman–Crippen MR) is 86.8 cm³/mol. The fraction of sp³-hybridized carbons (Fsp3) is 0.533. The topological polar surface area (TPSA) is 47.3 Å². The number of ether oxygens (including phenoxy) is 1. The van der Waals surface area contributed by atoms with Crippen molar-refractivity contribution in [2.75, 3.05) is 13.7 Å². The van der Waals surface area contributed by atoms with Crippen LogP contribution in [0.15, 0.2) is 16.7 Å². The third kappa shape index (κ3) is 3.08. The van der Waals surface area contributed by atoms with Crippen LogP contribution in [0.3, 0.4) is 0 Å². The summed E-state index contributed by atoms with van der Waals surface area (Å²) in [5, 5.41) is 15.1. The standard InChI is InChI=1S/C15H19BrN2O2S/c1-20-7-6-18-14(11(16)9-17-18)15(19)13-8-10-4-2-3-5-12(10)21-13/h8-9,15,19H,2-7H2,1H3. The molecular weight excluding hydrogens is 352 g/mol. The number of nitrogens with zero attached hydrogens (tertiary/aromatic N) is 2. The van der Waals surface area contributed by atoms with E-state index in [0.29, 0.717) is 13.2 Å². The molecular formula is C15H19BrN2O2S. The van der Waals surface area contributed by atoms with Gasteiger partial charge in [-0.15, -0.1) is 11.3 Å². The van der Waals surface area contributed by atoms with E-state index in [9.17, 15) is 5.11 Å². The van der Waals surface area contributed by atoms with E-state index in [4.69, 9.17) is 4.74 Å². The molecule has 1 unspecified atom stereocenters. The van der Waals surface area contributed by atoms with Crippen molar-refractivity contribution < 1.29 is 9.84 Å². The summed E-state index contributed by atoms with van der Waals surface area (Å²) in [4.78, 5) is 2.45. The molecule has 0 aromatic carbocycles. The van der Waals surface area contributed by atoms with E-state index in [0.717, 1.165) is 27.9 Å². The average Bonchev–Trinajstić information content (AvgIpc) is 3.08. The lowest BCUT2D eigenvalue weighted by Crippen LogP contribution is -2.13. The second-order valence-corrected chi connectivity index (χ2v) is 7.32. The Hall–Kier alpha value is -0.690. The molecule has 3 rings (SSSR count). The number of aliphatic hydroxyl groups is 1. The molecule has 2 aromatic rings. The van der Waals surface area contributed by atoms with Crippen molar-refractivity contribution in [1.82, 2.24) is 9.78 Å². The maximum Gasteiger partial charge on any atom is 0.131 e. The maximum absolute atomic E-state index is 10.8. The lowest BCUT2D eigenvalue weighted by molar-refractivity contribution is 0.172. The van der Waals surface area contributed by atoms with Crippen molar-refractivity contribution in [2.45, 2.75) is 38.3 Å². The van der Waals surface area contributed by atoms with Crippen LogP contribution in [0.1, 0.15) is 40.0 Å². The first-order valence-corrected chi connectivity index (χ1v) is 8.81. The van der Waals surface area contributed by atoms with E-state index in [1.165, 1.54) is 23.3 Å². The van der Waals surface area contributed by atoms with Crippen LogP contribution in [-0.4, -0.2) is 28.6 Å². The smallest absolute Gasteiger partial charge is 0.131 e. The molecule has 0 amide bonds. The summed E-state index contributed by atoms with van der Waals surface area (Å²) in [7, 11) is 1.67. The highest BCUT2D eigenvalue weighted by atomic mass is 79.9. The van der Waals surface area contributed by atoms with Gasteiger partial charge < -0.3 is 9.84 Å². The summed E-state index contributed by atoms with van der Waals surface area (Å²) >= 11 is 5.24. The highest BCUT2D eigenvalue weighted by Crippen LogP contribution is 2.37. The molecule has 0 bridgehead atoms. The quantitative estimate of drug-likeness (QED) is 0.877. The molecule has 0 saturated carbocycles. The molecule has 2 heterocycles. The van der Waals surface area contributed by atoms with Crippen molar-refractivity contribution in [3.8, 4) is 0 Å². The molecule has 114 valence electrons. The highest BCUT2D eigenvalue weighted by molar-refractivity contribution is 9.10. The fourth-order valence-electron chi connectivity index (χ4n) is 2.78. The number of methoxy groups -OCH3 is 1. The zero-order valence-corrected chi connectivity index (χ0v) is 14.4. The normalized spacial score (nSPS) is 16.0. The van der Waals surface area contributed by atoms with Gasteiger partial charge in [-0.3, -0.25) is 4.68 Å². The van der Waals surface area contributed by atoms with Gasteiger partial charge in [0, 0.05) is 16.9 Å². The lowest BCUT2D eigenvalue weighted by Gasteiger charge is -2.12. The van der Waals surface area contributed by atoms with Gasteiger partial charge in [-0.05, 0) is 53.2 Å². The van der Waals surface area contributed by atoms with Gasteiger partial charge in [0.15, 0.2) is 0 Å². The molecule has 1 aliphatic rings. The third-order valence-corrected chi connectivity index (χ3v) is 5.79. The van der Waals surface area contributed by atoms with E-state index in [1.54, 1.807) is 24.6 Å². The lowest BCUT2D eigenvalue weighted by atomic mass is 9.99. The molecule has 0 aliphatic heterocycles. The third-order valence-electron chi connectivity index (χ3n) is 3.88. The van der Waals surface area contributed by atoms with Crippen LogP contribution >= 0.6 is 27.3 Å². The second kappa shape index (κ2) is 6.60. The molecule has 1 N–H and O–H groups in total. The van der Waals surface area contributed by atoms with Crippen LogP contribution in [0.2, 0.25) is 0 Å². The Morgan fingerprint density at radius 2 is 2.29 bits per heavy atom. The number of rotatable bonds is 5. The molecule has 0 radical (unpaired) electrons. The highest BCUT2D eigenvalue weighted by Gasteiger charge is 2.23. The molecule has 4 nitrogen and oxygen atoms in total. The molecule has 1 atom stereocenters. The largest absolute Gasteiger partial charge is 0.383 e. The van der Waals surface area contributed by atoms with Gasteiger partial charge in [-0.25, -0.2) is 0 Å². The Kier molecular flexibility index (Phi) is 4.78. The van der Waals surface area contributed by atoms with Gasteiger partial charge in [0.05, 0.1) is 29.5 Å². The van der Waals surface area contributed by atoms with Gasteiger partial charge in [0.25, 0.3) is 0 Å². The van der Waals surface area contributed by atoms with Gasteiger partial charge in [0.2, 0.25) is 0 Å². The number of aliphatic hydroxyl groups excluding tert-OH is 1.